The SMILES string of the molecule is COC(=O)c1ccc(OCC(=O)Nc2ccc(F)cc2)c([N+](=O)[O-])c1. The number of nitro benzene ring substituents is 1. The molecule has 0 radical (unpaired) electrons. The summed E-state index contributed by atoms with van der Waals surface area (Å²) in [5.41, 5.74) is -0.139. The summed E-state index contributed by atoms with van der Waals surface area (Å²) in [7, 11) is 1.15. The van der Waals surface area contributed by atoms with Crippen LogP contribution < -0.4 is 10.1 Å². The van der Waals surface area contributed by atoms with Gasteiger partial charge < -0.3 is 14.8 Å². The van der Waals surface area contributed by atoms with Crippen LogP contribution in [0.15, 0.2) is 42.5 Å². The third-order valence-corrected chi connectivity index (χ3v) is 3.06. The van der Waals surface area contributed by atoms with Crippen molar-refractivity contribution in [1.82, 2.24) is 0 Å². The van der Waals surface area contributed by atoms with Crippen LogP contribution in [0.1, 0.15) is 10.4 Å². The Balaban J connectivity index is 2.06. The first-order valence-electron chi connectivity index (χ1n) is 6.95. The van der Waals surface area contributed by atoms with Crippen molar-refractivity contribution in [2.24, 2.45) is 0 Å². The van der Waals surface area contributed by atoms with Gasteiger partial charge in [-0.3, -0.25) is 14.9 Å². The molecule has 0 bridgehead atoms. The van der Waals surface area contributed by atoms with Crippen LogP contribution in [0.5, 0.6) is 5.75 Å². The van der Waals surface area contributed by atoms with Crippen LogP contribution in [0.25, 0.3) is 0 Å². The van der Waals surface area contributed by atoms with Crippen molar-refractivity contribution in [3.05, 3.63) is 64.0 Å². The van der Waals surface area contributed by atoms with Crippen LogP contribution >= 0.6 is 0 Å². The molecule has 2 aromatic rings. The Morgan fingerprint density at radius 1 is 1.20 bits per heavy atom. The maximum atomic E-state index is 12.8. The first-order chi connectivity index (χ1) is 11.9. The van der Waals surface area contributed by atoms with E-state index in [4.69, 9.17) is 4.74 Å². The molecule has 0 aliphatic rings. The van der Waals surface area contributed by atoms with E-state index in [9.17, 15) is 24.1 Å². The number of nitrogens with one attached hydrogen (secondary N) is 1. The lowest BCUT2D eigenvalue weighted by atomic mass is 10.2. The van der Waals surface area contributed by atoms with Gasteiger partial charge in [-0.15, -0.1) is 0 Å². The summed E-state index contributed by atoms with van der Waals surface area (Å²) in [6, 6.07) is 8.56. The molecule has 9 heteroatoms. The van der Waals surface area contributed by atoms with E-state index in [1.807, 2.05) is 0 Å². The zero-order valence-electron chi connectivity index (χ0n) is 13.0. The molecule has 2 rings (SSSR count). The van der Waals surface area contributed by atoms with Crippen LogP contribution in [-0.2, 0) is 9.53 Å². The smallest absolute Gasteiger partial charge is 0.338 e. The lowest BCUT2D eigenvalue weighted by Crippen LogP contribution is -2.20. The topological polar surface area (TPSA) is 108 Å². The second-order valence-corrected chi connectivity index (χ2v) is 4.77. The number of halogens is 1. The number of anilines is 1. The van der Waals surface area contributed by atoms with Crippen LogP contribution in [0.2, 0.25) is 0 Å². The molecular formula is C16H13FN2O6. The minimum absolute atomic E-state index is 0.0164. The quantitative estimate of drug-likeness (QED) is 0.488. The second-order valence-electron chi connectivity index (χ2n) is 4.77. The number of benzene rings is 2. The Morgan fingerprint density at radius 2 is 1.88 bits per heavy atom. The molecule has 0 unspecified atom stereocenters. The van der Waals surface area contributed by atoms with E-state index < -0.39 is 34.9 Å². The maximum absolute atomic E-state index is 12.8. The molecule has 130 valence electrons. The summed E-state index contributed by atoms with van der Waals surface area (Å²) in [6.45, 7) is -0.504. The van der Waals surface area contributed by atoms with Crippen molar-refractivity contribution < 1.29 is 28.4 Å². The van der Waals surface area contributed by atoms with Gasteiger partial charge in [-0.05, 0) is 36.4 Å². The van der Waals surface area contributed by atoms with Gasteiger partial charge in [0.2, 0.25) is 0 Å². The normalized spacial score (nSPS) is 10.0. The molecule has 0 saturated carbocycles. The number of esters is 1. The zero-order chi connectivity index (χ0) is 18.4. The number of ether oxygens (including phenoxy) is 2. The third kappa shape index (κ3) is 4.74. The summed E-state index contributed by atoms with van der Waals surface area (Å²) in [6.07, 6.45) is 0. The molecule has 0 aromatic heterocycles. The monoisotopic (exact) mass is 348 g/mol. The van der Waals surface area contributed by atoms with Crippen molar-refractivity contribution in [2.75, 3.05) is 19.0 Å². The minimum Gasteiger partial charge on any atom is -0.477 e. The third-order valence-electron chi connectivity index (χ3n) is 3.06. The lowest BCUT2D eigenvalue weighted by Gasteiger charge is -2.08. The molecule has 0 spiro atoms. The van der Waals surface area contributed by atoms with Gasteiger partial charge in [-0.25, -0.2) is 9.18 Å². The molecule has 0 heterocycles. The number of hydrogen-bond donors (Lipinski definition) is 1. The number of carbonyl (C=O) groups is 2. The minimum atomic E-state index is -0.736. The van der Waals surface area contributed by atoms with Crippen LogP contribution in [-0.4, -0.2) is 30.5 Å². The molecule has 1 N–H and O–H groups in total. The van der Waals surface area contributed by atoms with Gasteiger partial charge in [-0.2, -0.15) is 0 Å². The summed E-state index contributed by atoms with van der Waals surface area (Å²) >= 11 is 0. The predicted molar refractivity (Wildman–Crippen MR) is 85.0 cm³/mol. The van der Waals surface area contributed by atoms with Gasteiger partial charge in [0.15, 0.2) is 12.4 Å². The molecule has 0 saturated heterocycles. The number of nitro groups is 1. The fourth-order valence-electron chi connectivity index (χ4n) is 1.90. The Hall–Kier alpha value is -3.49. The first-order valence-corrected chi connectivity index (χ1v) is 6.95. The second kappa shape index (κ2) is 7.86. The Morgan fingerprint density at radius 3 is 2.48 bits per heavy atom. The van der Waals surface area contributed by atoms with E-state index in [0.717, 1.165) is 13.2 Å². The summed E-state index contributed by atoms with van der Waals surface area (Å²) < 4.78 is 22.4. The van der Waals surface area contributed by atoms with Gasteiger partial charge >= 0.3 is 11.7 Å². The molecule has 0 fully saturated rings. The number of nitrogens with zero attached hydrogens (tertiary/aromatic N) is 1. The molecule has 0 aliphatic carbocycles. The first kappa shape index (κ1) is 17.9. The van der Waals surface area contributed by atoms with Crippen molar-refractivity contribution in [3.8, 4) is 5.75 Å². The average Bonchev–Trinajstić information content (AvgIpc) is 2.61. The van der Waals surface area contributed by atoms with Crippen molar-refractivity contribution in [2.45, 2.75) is 0 Å². The molecule has 0 aliphatic heterocycles. The Labute approximate surface area is 141 Å². The Kier molecular flexibility index (Phi) is 5.62. The van der Waals surface area contributed by atoms with Gasteiger partial charge in [0.25, 0.3) is 5.91 Å². The number of carbonyl (C=O) groups excluding carboxylic acids is 2. The maximum Gasteiger partial charge on any atom is 0.338 e. The van der Waals surface area contributed by atoms with E-state index in [1.54, 1.807) is 0 Å². The molecule has 8 nitrogen and oxygen atoms in total. The highest BCUT2D eigenvalue weighted by Gasteiger charge is 2.20. The van der Waals surface area contributed by atoms with Crippen LogP contribution in [0, 0.1) is 15.9 Å². The number of amides is 1. The van der Waals surface area contributed by atoms with Gasteiger partial charge in [0, 0.05) is 11.8 Å². The number of methoxy groups -OCH3 is 1. The lowest BCUT2D eigenvalue weighted by molar-refractivity contribution is -0.385. The van der Waals surface area contributed by atoms with Gasteiger partial charge in [0.1, 0.15) is 5.82 Å². The number of rotatable bonds is 6. The standard InChI is InChI=1S/C16H13FN2O6/c1-24-16(21)10-2-7-14(13(8-10)19(22)23)25-9-15(20)18-12-5-3-11(17)4-6-12/h2-8H,9H2,1H3,(H,18,20). The summed E-state index contributed by atoms with van der Waals surface area (Å²) in [4.78, 5) is 33.6. The molecular weight excluding hydrogens is 335 g/mol. The van der Waals surface area contributed by atoms with E-state index in [1.165, 1.54) is 36.4 Å². The largest absolute Gasteiger partial charge is 0.477 e. The van der Waals surface area contributed by atoms with Crippen molar-refractivity contribution in [1.29, 1.82) is 0 Å². The van der Waals surface area contributed by atoms with Gasteiger partial charge in [0.05, 0.1) is 17.6 Å². The van der Waals surface area contributed by atoms with E-state index >= 15 is 0 Å². The van der Waals surface area contributed by atoms with Crippen LogP contribution in [0.4, 0.5) is 15.8 Å². The summed E-state index contributed by atoms with van der Waals surface area (Å²) in [5, 5.41) is 13.5. The molecule has 25 heavy (non-hydrogen) atoms. The van der Waals surface area contributed by atoms with E-state index in [0.29, 0.717) is 5.69 Å². The fraction of sp³-hybridized carbons (Fsp3) is 0.125. The zero-order valence-corrected chi connectivity index (χ0v) is 13.0. The molecule has 2 aromatic carbocycles. The number of hydrogen-bond acceptors (Lipinski definition) is 6. The molecule has 0 atom stereocenters. The van der Waals surface area contributed by atoms with E-state index in [-0.39, 0.29) is 11.3 Å². The highest BCUT2D eigenvalue weighted by molar-refractivity contribution is 5.92. The van der Waals surface area contributed by atoms with Crippen molar-refractivity contribution >= 4 is 23.3 Å². The highest BCUT2D eigenvalue weighted by Crippen LogP contribution is 2.28. The fourth-order valence-corrected chi connectivity index (χ4v) is 1.90. The van der Waals surface area contributed by atoms with Crippen molar-refractivity contribution in [3.63, 3.8) is 0 Å². The molecule has 1 amide bonds. The highest BCUT2D eigenvalue weighted by atomic mass is 19.1. The Bertz CT molecular complexity index is 807. The predicted octanol–water partition coefficient (Wildman–Crippen LogP) is 2.54. The van der Waals surface area contributed by atoms with Crippen LogP contribution in [0.3, 0.4) is 0 Å². The van der Waals surface area contributed by atoms with E-state index in [2.05, 4.69) is 10.1 Å². The summed E-state index contributed by atoms with van der Waals surface area (Å²) in [5.74, 6) is -1.94. The van der Waals surface area contributed by atoms with Gasteiger partial charge in [-0.1, -0.05) is 0 Å². The average molecular weight is 348 g/mol.